The lowest BCUT2D eigenvalue weighted by Crippen LogP contribution is -2.43. The van der Waals surface area contributed by atoms with Gasteiger partial charge < -0.3 is 15.5 Å². The van der Waals surface area contributed by atoms with Gasteiger partial charge >= 0.3 is 0 Å². The van der Waals surface area contributed by atoms with Gasteiger partial charge in [-0.15, -0.1) is 0 Å². The fraction of sp³-hybridized carbons (Fsp3) is 0.600. The summed E-state index contributed by atoms with van der Waals surface area (Å²) >= 11 is 0. The number of nitrogens with two attached hydrogens (primary N) is 1. The Morgan fingerprint density at radius 1 is 1.50 bits per heavy atom. The summed E-state index contributed by atoms with van der Waals surface area (Å²) in [5.74, 6) is 2.11. The Kier molecular flexibility index (Phi) is 4.60. The zero-order valence-electron chi connectivity index (χ0n) is 12.5. The Morgan fingerprint density at radius 2 is 2.25 bits per heavy atom. The first-order valence-corrected chi connectivity index (χ1v) is 7.15. The first kappa shape index (κ1) is 14.8. The molecule has 0 aromatic carbocycles. The van der Waals surface area contributed by atoms with Crippen molar-refractivity contribution in [1.82, 2.24) is 9.88 Å². The van der Waals surface area contributed by atoms with Gasteiger partial charge in [0.15, 0.2) is 0 Å². The molecule has 5 nitrogen and oxygen atoms in total. The van der Waals surface area contributed by atoms with Crippen molar-refractivity contribution in [3.63, 3.8) is 0 Å². The largest absolute Gasteiger partial charge is 0.356 e. The third kappa shape index (κ3) is 3.10. The zero-order valence-corrected chi connectivity index (χ0v) is 12.5. The van der Waals surface area contributed by atoms with Crippen molar-refractivity contribution >= 4 is 11.7 Å². The van der Waals surface area contributed by atoms with Crippen molar-refractivity contribution < 1.29 is 4.79 Å². The molecule has 1 saturated heterocycles. The van der Waals surface area contributed by atoms with Crippen LogP contribution in [0.2, 0.25) is 0 Å². The van der Waals surface area contributed by atoms with E-state index in [0.29, 0.717) is 17.4 Å². The van der Waals surface area contributed by atoms with Crippen LogP contribution in [-0.2, 0) is 0 Å². The maximum atomic E-state index is 11.8. The summed E-state index contributed by atoms with van der Waals surface area (Å²) in [5.41, 5.74) is 6.46. The molecular formula is C15H24N4O. The number of carbonyl (C=O) groups is 1. The molecule has 2 heterocycles. The molecule has 0 radical (unpaired) electrons. The average Bonchev–Trinajstić information content (AvgIpc) is 2.47. The third-order valence-electron chi connectivity index (χ3n) is 4.14. The molecule has 1 aliphatic rings. The van der Waals surface area contributed by atoms with Gasteiger partial charge in [0.2, 0.25) is 0 Å². The number of anilines is 1. The Balaban J connectivity index is 2.08. The highest BCUT2D eigenvalue weighted by atomic mass is 16.2. The summed E-state index contributed by atoms with van der Waals surface area (Å²) in [6.07, 6.45) is 2.80. The molecule has 1 fully saturated rings. The van der Waals surface area contributed by atoms with E-state index in [2.05, 4.69) is 16.8 Å². The van der Waals surface area contributed by atoms with Gasteiger partial charge in [0.25, 0.3) is 5.91 Å². The molecule has 0 spiro atoms. The molecule has 0 aliphatic carbocycles. The second kappa shape index (κ2) is 6.22. The van der Waals surface area contributed by atoms with E-state index in [4.69, 9.17) is 5.73 Å². The summed E-state index contributed by atoms with van der Waals surface area (Å²) in [7, 11) is 3.49. The molecule has 5 heteroatoms. The van der Waals surface area contributed by atoms with Crippen LogP contribution in [0.3, 0.4) is 0 Å². The lowest BCUT2D eigenvalue weighted by molar-refractivity contribution is 0.0827. The van der Waals surface area contributed by atoms with E-state index in [9.17, 15) is 4.79 Å². The smallest absolute Gasteiger partial charge is 0.254 e. The predicted octanol–water partition coefficient (Wildman–Crippen LogP) is 1.20. The molecule has 1 aromatic rings. The van der Waals surface area contributed by atoms with Crippen LogP contribution >= 0.6 is 0 Å². The highest BCUT2D eigenvalue weighted by Crippen LogP contribution is 2.25. The Hall–Kier alpha value is -1.62. The van der Waals surface area contributed by atoms with Crippen LogP contribution in [0.1, 0.15) is 23.7 Å². The standard InChI is InChI=1S/C15H24N4O/c1-11-6-7-19(10-13(11)8-16)14-5-4-12(9-17-14)15(20)18(2)3/h4-5,9,11,13H,6-8,10,16H2,1-3H3. The van der Waals surface area contributed by atoms with Gasteiger partial charge in [-0.05, 0) is 36.9 Å². The summed E-state index contributed by atoms with van der Waals surface area (Å²) in [6, 6.07) is 3.78. The second-order valence-electron chi connectivity index (χ2n) is 5.81. The normalized spacial score (nSPS) is 22.7. The molecule has 2 rings (SSSR count). The van der Waals surface area contributed by atoms with Gasteiger partial charge in [-0.1, -0.05) is 6.92 Å². The molecule has 20 heavy (non-hydrogen) atoms. The quantitative estimate of drug-likeness (QED) is 0.901. The molecule has 0 bridgehead atoms. The van der Waals surface area contributed by atoms with Crippen LogP contribution in [0.5, 0.6) is 0 Å². The van der Waals surface area contributed by atoms with Crippen LogP contribution in [0.25, 0.3) is 0 Å². The maximum absolute atomic E-state index is 11.8. The number of aromatic nitrogens is 1. The van der Waals surface area contributed by atoms with Crippen LogP contribution in [0, 0.1) is 11.8 Å². The molecule has 1 aliphatic heterocycles. The summed E-state index contributed by atoms with van der Waals surface area (Å²) in [4.78, 5) is 20.1. The topological polar surface area (TPSA) is 62.5 Å². The van der Waals surface area contributed by atoms with Gasteiger partial charge in [-0.25, -0.2) is 4.98 Å². The van der Waals surface area contributed by atoms with Crippen molar-refractivity contribution in [2.75, 3.05) is 38.6 Å². The Labute approximate surface area is 120 Å². The van der Waals surface area contributed by atoms with Crippen LogP contribution < -0.4 is 10.6 Å². The SMILES string of the molecule is CC1CCN(c2ccc(C(=O)N(C)C)cn2)CC1CN. The lowest BCUT2D eigenvalue weighted by Gasteiger charge is -2.37. The van der Waals surface area contributed by atoms with E-state index in [0.717, 1.165) is 31.9 Å². The van der Waals surface area contributed by atoms with Gasteiger partial charge in [-0.2, -0.15) is 0 Å². The number of pyridine rings is 1. The van der Waals surface area contributed by atoms with E-state index in [1.165, 1.54) is 0 Å². The number of hydrogen-bond donors (Lipinski definition) is 1. The molecule has 1 aromatic heterocycles. The van der Waals surface area contributed by atoms with E-state index < -0.39 is 0 Å². The minimum absolute atomic E-state index is 0.0175. The predicted molar refractivity (Wildman–Crippen MR) is 80.8 cm³/mol. The number of hydrogen-bond acceptors (Lipinski definition) is 4. The molecule has 2 unspecified atom stereocenters. The monoisotopic (exact) mass is 276 g/mol. The van der Waals surface area contributed by atoms with Crippen molar-refractivity contribution in [2.45, 2.75) is 13.3 Å². The van der Waals surface area contributed by atoms with Gasteiger partial charge in [0, 0.05) is 33.4 Å². The molecule has 0 saturated carbocycles. The zero-order chi connectivity index (χ0) is 14.7. The number of nitrogens with zero attached hydrogens (tertiary/aromatic N) is 3. The molecular weight excluding hydrogens is 252 g/mol. The Morgan fingerprint density at radius 3 is 2.80 bits per heavy atom. The fourth-order valence-electron chi connectivity index (χ4n) is 2.62. The van der Waals surface area contributed by atoms with Crippen LogP contribution in [0.15, 0.2) is 18.3 Å². The van der Waals surface area contributed by atoms with E-state index in [-0.39, 0.29) is 5.91 Å². The van der Waals surface area contributed by atoms with E-state index >= 15 is 0 Å². The number of piperidine rings is 1. The second-order valence-corrected chi connectivity index (χ2v) is 5.81. The minimum Gasteiger partial charge on any atom is -0.356 e. The number of amides is 1. The van der Waals surface area contributed by atoms with E-state index in [1.54, 1.807) is 25.2 Å². The summed E-state index contributed by atoms with van der Waals surface area (Å²) < 4.78 is 0. The van der Waals surface area contributed by atoms with Crippen LogP contribution in [0.4, 0.5) is 5.82 Å². The lowest BCUT2D eigenvalue weighted by atomic mass is 9.87. The average molecular weight is 276 g/mol. The Bertz CT molecular complexity index is 457. The molecule has 2 atom stereocenters. The van der Waals surface area contributed by atoms with Gasteiger partial charge in [0.05, 0.1) is 5.56 Å². The summed E-state index contributed by atoms with van der Waals surface area (Å²) in [6.45, 7) is 4.94. The number of rotatable bonds is 3. The molecule has 2 N–H and O–H groups in total. The summed E-state index contributed by atoms with van der Waals surface area (Å²) in [5, 5.41) is 0. The minimum atomic E-state index is -0.0175. The first-order chi connectivity index (χ1) is 9.52. The van der Waals surface area contributed by atoms with Crippen molar-refractivity contribution in [3.8, 4) is 0 Å². The molecule has 1 amide bonds. The molecule has 110 valence electrons. The van der Waals surface area contributed by atoms with Gasteiger partial charge in [-0.3, -0.25) is 4.79 Å². The number of carbonyl (C=O) groups excluding carboxylic acids is 1. The van der Waals surface area contributed by atoms with Crippen molar-refractivity contribution in [2.24, 2.45) is 17.6 Å². The van der Waals surface area contributed by atoms with Gasteiger partial charge in [0.1, 0.15) is 5.82 Å². The maximum Gasteiger partial charge on any atom is 0.254 e. The van der Waals surface area contributed by atoms with Crippen molar-refractivity contribution in [1.29, 1.82) is 0 Å². The third-order valence-corrected chi connectivity index (χ3v) is 4.14. The van der Waals surface area contributed by atoms with E-state index in [1.807, 2.05) is 12.1 Å². The van der Waals surface area contributed by atoms with Crippen molar-refractivity contribution in [3.05, 3.63) is 23.9 Å². The first-order valence-electron chi connectivity index (χ1n) is 7.15. The highest BCUT2D eigenvalue weighted by Gasteiger charge is 2.25. The van der Waals surface area contributed by atoms with Crippen LogP contribution in [-0.4, -0.2) is 49.5 Å². The fourth-order valence-corrected chi connectivity index (χ4v) is 2.62. The highest BCUT2D eigenvalue weighted by molar-refractivity contribution is 5.93.